The minimum Gasteiger partial charge on any atom is -0.477 e. The molecule has 3 unspecified atom stereocenters. The number of hydrogen-bond donors (Lipinski definition) is 3. The minimum absolute atomic E-state index is 0.0155. The van der Waals surface area contributed by atoms with Crippen LogP contribution >= 0.6 is 0 Å². The Balaban J connectivity index is 1.83. The number of carbonyl (C=O) groups excluding carboxylic acids is 2. The van der Waals surface area contributed by atoms with Crippen LogP contribution in [-0.2, 0) is 11.2 Å². The molecule has 6 nitrogen and oxygen atoms in total. The minimum atomic E-state index is -1.11. The van der Waals surface area contributed by atoms with E-state index in [2.05, 4.69) is 30.6 Å². The van der Waals surface area contributed by atoms with Crippen LogP contribution in [-0.4, -0.2) is 29.4 Å². The van der Waals surface area contributed by atoms with Crippen molar-refractivity contribution < 1.29 is 19.4 Å². The summed E-state index contributed by atoms with van der Waals surface area (Å²) < 4.78 is 6.85. The number of ether oxygens (including phenoxy) is 1. The molecular weight excluding hydrogens is 380 g/mol. The third-order valence-corrected chi connectivity index (χ3v) is 7.56. The fraction of sp³-hybridized carbons (Fsp3) is 0.417. The van der Waals surface area contributed by atoms with Gasteiger partial charge >= 0.3 is 0 Å². The number of aliphatic hydroxyl groups is 1. The van der Waals surface area contributed by atoms with Gasteiger partial charge in [0.05, 0.1) is 22.2 Å². The summed E-state index contributed by atoms with van der Waals surface area (Å²) in [4.78, 5) is 25.4. The highest BCUT2D eigenvalue weighted by atomic mass is 16.5. The molecule has 0 radical (unpaired) electrons. The van der Waals surface area contributed by atoms with Crippen LogP contribution < -0.4 is 15.4 Å². The molecule has 3 atom stereocenters. The van der Waals surface area contributed by atoms with Crippen molar-refractivity contribution in [3.63, 3.8) is 0 Å². The van der Waals surface area contributed by atoms with E-state index in [1.54, 1.807) is 13.1 Å². The molecule has 6 heteroatoms. The van der Waals surface area contributed by atoms with Crippen LogP contribution in [0, 0.1) is 10.8 Å². The normalized spacial score (nSPS) is 33.0. The van der Waals surface area contributed by atoms with E-state index in [1.807, 2.05) is 32.1 Å². The van der Waals surface area contributed by atoms with Gasteiger partial charge in [-0.1, -0.05) is 30.7 Å². The summed E-state index contributed by atoms with van der Waals surface area (Å²) in [6.45, 7) is 8.11. The SMILES string of the molecule is CNC1=CC23Oc4c(ccc5c4C(O)NC5=O)CC2(C)C(C)=CC=C3C(C)(C)C1=O. The lowest BCUT2D eigenvalue weighted by molar-refractivity contribution is -0.125. The number of Topliss-reactive ketones (excluding diaryl/α,β-unsaturated/α-hetero) is 1. The van der Waals surface area contributed by atoms with E-state index in [0.717, 1.165) is 16.7 Å². The smallest absolute Gasteiger partial charge is 0.254 e. The zero-order valence-corrected chi connectivity index (χ0v) is 17.8. The van der Waals surface area contributed by atoms with Gasteiger partial charge in [0, 0.05) is 12.5 Å². The second-order valence-electron chi connectivity index (χ2n) is 9.43. The first-order valence-electron chi connectivity index (χ1n) is 10.3. The third-order valence-electron chi connectivity index (χ3n) is 7.56. The highest BCUT2D eigenvalue weighted by Gasteiger charge is 2.63. The summed E-state index contributed by atoms with van der Waals surface area (Å²) >= 11 is 0. The molecular formula is C24H26N2O4. The number of rotatable bonds is 1. The fourth-order valence-electron chi connectivity index (χ4n) is 5.59. The standard InChI is InChI=1S/C24H26N2O4/c1-12-6-9-16-22(2,3)19(27)15(25-5)11-24(16)23(12,4)10-13-7-8-14-17(18(13)30-24)21(29)26-20(14)28/h6-9,11,21,25,29H,10H2,1-5H3,(H,26,28). The summed E-state index contributed by atoms with van der Waals surface area (Å²) in [5.74, 6) is 0.242. The molecule has 1 aromatic rings. The Morgan fingerprint density at radius 3 is 2.63 bits per heavy atom. The molecule has 2 aliphatic heterocycles. The van der Waals surface area contributed by atoms with E-state index in [4.69, 9.17) is 4.74 Å². The van der Waals surface area contributed by atoms with Gasteiger partial charge in [-0.25, -0.2) is 0 Å². The fourth-order valence-corrected chi connectivity index (χ4v) is 5.59. The molecule has 4 aliphatic rings. The first kappa shape index (κ1) is 19.1. The molecule has 30 heavy (non-hydrogen) atoms. The van der Waals surface area contributed by atoms with Crippen molar-refractivity contribution in [2.24, 2.45) is 10.8 Å². The van der Waals surface area contributed by atoms with Gasteiger partial charge < -0.3 is 20.5 Å². The van der Waals surface area contributed by atoms with Crippen LogP contribution in [0.1, 0.15) is 55.4 Å². The average molecular weight is 406 g/mol. The van der Waals surface area contributed by atoms with Crippen molar-refractivity contribution in [3.05, 3.63) is 63.9 Å². The molecule has 1 amide bonds. The van der Waals surface area contributed by atoms with Crippen LogP contribution in [0.5, 0.6) is 5.75 Å². The van der Waals surface area contributed by atoms with Crippen molar-refractivity contribution >= 4 is 11.7 Å². The highest BCUT2D eigenvalue weighted by molar-refractivity contribution is 6.04. The molecule has 0 saturated heterocycles. The number of carbonyl (C=O) groups is 2. The number of aliphatic hydroxyl groups excluding tert-OH is 1. The third kappa shape index (κ3) is 2.02. The lowest BCUT2D eigenvalue weighted by atomic mass is 9.52. The second-order valence-corrected chi connectivity index (χ2v) is 9.43. The van der Waals surface area contributed by atoms with E-state index >= 15 is 0 Å². The van der Waals surface area contributed by atoms with Gasteiger partial charge in [0.1, 0.15) is 5.75 Å². The van der Waals surface area contributed by atoms with E-state index in [0.29, 0.717) is 29.0 Å². The van der Waals surface area contributed by atoms with Gasteiger partial charge in [-0.2, -0.15) is 0 Å². The van der Waals surface area contributed by atoms with Gasteiger partial charge in [0.15, 0.2) is 17.6 Å². The van der Waals surface area contributed by atoms with Crippen LogP contribution in [0.4, 0.5) is 0 Å². The van der Waals surface area contributed by atoms with Gasteiger partial charge in [0.25, 0.3) is 5.91 Å². The molecule has 2 heterocycles. The Morgan fingerprint density at radius 2 is 1.93 bits per heavy atom. The number of amides is 1. The topological polar surface area (TPSA) is 87.7 Å². The van der Waals surface area contributed by atoms with Crippen molar-refractivity contribution in [2.45, 2.75) is 45.9 Å². The van der Waals surface area contributed by atoms with Gasteiger partial charge in [0.2, 0.25) is 0 Å². The van der Waals surface area contributed by atoms with Crippen molar-refractivity contribution in [3.8, 4) is 5.75 Å². The molecule has 0 saturated carbocycles. The first-order valence-corrected chi connectivity index (χ1v) is 10.3. The summed E-state index contributed by atoms with van der Waals surface area (Å²) in [5, 5.41) is 16.2. The van der Waals surface area contributed by atoms with E-state index in [1.165, 1.54) is 0 Å². The largest absolute Gasteiger partial charge is 0.477 e. The molecule has 0 aromatic heterocycles. The van der Waals surface area contributed by atoms with Gasteiger partial charge in [-0.3, -0.25) is 9.59 Å². The maximum absolute atomic E-state index is 13.2. The van der Waals surface area contributed by atoms with Gasteiger partial charge in [-0.15, -0.1) is 0 Å². The molecule has 2 aliphatic carbocycles. The number of ketones is 1. The average Bonchev–Trinajstić information content (AvgIpc) is 2.98. The van der Waals surface area contributed by atoms with E-state index < -0.39 is 22.7 Å². The van der Waals surface area contributed by atoms with Crippen LogP contribution in [0.3, 0.4) is 0 Å². The molecule has 5 rings (SSSR count). The Bertz CT molecular complexity index is 1130. The molecule has 0 fully saturated rings. The summed E-state index contributed by atoms with van der Waals surface area (Å²) in [6, 6.07) is 3.67. The van der Waals surface area contributed by atoms with Crippen molar-refractivity contribution in [2.75, 3.05) is 7.05 Å². The Morgan fingerprint density at radius 1 is 1.20 bits per heavy atom. The molecule has 3 N–H and O–H groups in total. The lowest BCUT2D eigenvalue weighted by Gasteiger charge is -2.58. The number of nitrogens with one attached hydrogen (secondary N) is 2. The quantitative estimate of drug-likeness (QED) is 0.668. The Labute approximate surface area is 175 Å². The first-order chi connectivity index (χ1) is 14.1. The predicted octanol–water partition coefficient (Wildman–Crippen LogP) is 2.70. The van der Waals surface area contributed by atoms with Crippen LogP contribution in [0.15, 0.2) is 47.2 Å². The molecule has 1 spiro atoms. The Hall–Kier alpha value is -2.86. The summed E-state index contributed by atoms with van der Waals surface area (Å²) in [7, 11) is 1.74. The van der Waals surface area contributed by atoms with E-state index in [-0.39, 0.29) is 11.7 Å². The monoisotopic (exact) mass is 406 g/mol. The van der Waals surface area contributed by atoms with Crippen LogP contribution in [0.2, 0.25) is 0 Å². The van der Waals surface area contributed by atoms with Crippen molar-refractivity contribution in [1.82, 2.24) is 10.6 Å². The molecule has 0 bridgehead atoms. The Kier molecular flexibility index (Phi) is 3.59. The molecule has 1 aromatic carbocycles. The van der Waals surface area contributed by atoms with Crippen molar-refractivity contribution in [1.29, 1.82) is 0 Å². The van der Waals surface area contributed by atoms with E-state index in [9.17, 15) is 14.7 Å². The zero-order chi connectivity index (χ0) is 21.6. The number of hydrogen-bond acceptors (Lipinski definition) is 5. The van der Waals surface area contributed by atoms with Gasteiger partial charge in [-0.05, 0) is 50.5 Å². The number of fused-ring (bicyclic) bond motifs is 3. The summed E-state index contributed by atoms with van der Waals surface area (Å²) in [6.07, 6.45) is 5.55. The van der Waals surface area contributed by atoms with Crippen LogP contribution in [0.25, 0.3) is 0 Å². The zero-order valence-electron chi connectivity index (χ0n) is 17.8. The summed E-state index contributed by atoms with van der Waals surface area (Å²) in [5.41, 5.74) is 2.31. The number of allylic oxidation sites excluding steroid dienone is 3. The second kappa shape index (κ2) is 5.64. The number of likely N-dealkylation sites (N-methyl/N-ethyl adjacent to an activating group) is 1. The lowest BCUT2D eigenvalue weighted by Crippen LogP contribution is -2.62. The molecule has 156 valence electrons. The highest BCUT2D eigenvalue weighted by Crippen LogP contribution is 2.61. The predicted molar refractivity (Wildman–Crippen MR) is 112 cm³/mol. The maximum atomic E-state index is 13.2. The number of benzene rings is 1. The maximum Gasteiger partial charge on any atom is 0.254 e.